The van der Waals surface area contributed by atoms with E-state index in [2.05, 4.69) is 10.5 Å². The average molecular weight is 414 g/mol. The number of phenols is 1. The molecular formula is C15H12FIN2O3. The summed E-state index contributed by atoms with van der Waals surface area (Å²) in [5, 5.41) is 13.5. The standard InChI is InChI=1S/C15H12FIN2O3/c1-22-13-6-9(5-12(17)14(13)20)8-18-19-15(21)10-3-2-4-11(16)7-10/h2-8,20H,1H3,(H,19,21). The Kier molecular flexibility index (Phi) is 5.31. The van der Waals surface area contributed by atoms with Gasteiger partial charge in [0.05, 0.1) is 16.9 Å². The lowest BCUT2D eigenvalue weighted by atomic mass is 10.2. The zero-order chi connectivity index (χ0) is 16.1. The van der Waals surface area contributed by atoms with Crippen LogP contribution in [0.1, 0.15) is 15.9 Å². The van der Waals surface area contributed by atoms with Crippen molar-refractivity contribution in [2.75, 3.05) is 7.11 Å². The molecule has 0 aromatic heterocycles. The number of halogens is 2. The first-order valence-corrected chi connectivity index (χ1v) is 7.24. The Balaban J connectivity index is 2.10. The lowest BCUT2D eigenvalue weighted by Crippen LogP contribution is -2.17. The highest BCUT2D eigenvalue weighted by atomic mass is 127. The summed E-state index contributed by atoms with van der Waals surface area (Å²) in [6.07, 6.45) is 1.40. The van der Waals surface area contributed by atoms with Crippen LogP contribution in [0.5, 0.6) is 11.5 Å². The summed E-state index contributed by atoms with van der Waals surface area (Å²) < 4.78 is 18.6. The molecule has 0 bridgehead atoms. The minimum absolute atomic E-state index is 0.0454. The van der Waals surface area contributed by atoms with E-state index < -0.39 is 11.7 Å². The van der Waals surface area contributed by atoms with E-state index >= 15 is 0 Å². The molecule has 22 heavy (non-hydrogen) atoms. The van der Waals surface area contributed by atoms with Crippen LogP contribution < -0.4 is 10.2 Å². The van der Waals surface area contributed by atoms with Gasteiger partial charge in [-0.1, -0.05) is 6.07 Å². The van der Waals surface area contributed by atoms with Gasteiger partial charge >= 0.3 is 0 Å². The number of amides is 1. The Bertz CT molecular complexity index is 735. The maximum atomic E-state index is 13.0. The van der Waals surface area contributed by atoms with Crippen LogP contribution in [0.15, 0.2) is 41.5 Å². The summed E-state index contributed by atoms with van der Waals surface area (Å²) in [5.74, 6) is -0.653. The maximum Gasteiger partial charge on any atom is 0.271 e. The molecule has 0 aliphatic heterocycles. The molecule has 2 rings (SSSR count). The highest BCUT2D eigenvalue weighted by Crippen LogP contribution is 2.31. The number of hydrogen-bond acceptors (Lipinski definition) is 4. The highest BCUT2D eigenvalue weighted by Gasteiger charge is 2.08. The van der Waals surface area contributed by atoms with Gasteiger partial charge in [-0.3, -0.25) is 4.79 Å². The fraction of sp³-hybridized carbons (Fsp3) is 0.0667. The second-order valence-electron chi connectivity index (χ2n) is 4.26. The first kappa shape index (κ1) is 16.2. The highest BCUT2D eigenvalue weighted by molar-refractivity contribution is 14.1. The van der Waals surface area contributed by atoms with Gasteiger partial charge in [0, 0.05) is 5.56 Å². The van der Waals surface area contributed by atoms with Gasteiger partial charge in [-0.15, -0.1) is 0 Å². The van der Waals surface area contributed by atoms with Crippen LogP contribution in [0.2, 0.25) is 0 Å². The Morgan fingerprint density at radius 3 is 2.86 bits per heavy atom. The zero-order valence-corrected chi connectivity index (χ0v) is 13.7. The van der Waals surface area contributed by atoms with Crippen LogP contribution in [0, 0.1) is 9.39 Å². The number of aromatic hydroxyl groups is 1. The molecular weight excluding hydrogens is 402 g/mol. The summed E-state index contributed by atoms with van der Waals surface area (Å²) >= 11 is 1.96. The van der Waals surface area contributed by atoms with Gasteiger partial charge in [0.1, 0.15) is 5.82 Å². The Labute approximate surface area is 139 Å². The lowest BCUT2D eigenvalue weighted by Gasteiger charge is -2.06. The molecule has 0 aliphatic carbocycles. The van der Waals surface area contributed by atoms with E-state index in [1.807, 2.05) is 22.6 Å². The zero-order valence-electron chi connectivity index (χ0n) is 11.5. The van der Waals surface area contributed by atoms with Crippen molar-refractivity contribution >= 4 is 34.7 Å². The number of benzene rings is 2. The van der Waals surface area contributed by atoms with E-state index in [0.29, 0.717) is 14.9 Å². The number of nitrogens with one attached hydrogen (secondary N) is 1. The van der Waals surface area contributed by atoms with Crippen molar-refractivity contribution in [3.8, 4) is 11.5 Å². The van der Waals surface area contributed by atoms with Crippen molar-refractivity contribution in [3.05, 3.63) is 56.9 Å². The second-order valence-corrected chi connectivity index (χ2v) is 5.43. The monoisotopic (exact) mass is 414 g/mol. The van der Waals surface area contributed by atoms with Crippen LogP contribution in [0.25, 0.3) is 0 Å². The van der Waals surface area contributed by atoms with Crippen molar-refractivity contribution in [2.45, 2.75) is 0 Å². The molecule has 0 saturated heterocycles. The van der Waals surface area contributed by atoms with Crippen molar-refractivity contribution in [1.82, 2.24) is 5.43 Å². The van der Waals surface area contributed by atoms with E-state index in [4.69, 9.17) is 4.74 Å². The molecule has 114 valence electrons. The maximum absolute atomic E-state index is 13.0. The number of hydrogen-bond donors (Lipinski definition) is 2. The third kappa shape index (κ3) is 3.94. The first-order chi connectivity index (χ1) is 10.5. The predicted octanol–water partition coefficient (Wildman–Crippen LogP) is 2.91. The summed E-state index contributed by atoms with van der Waals surface area (Å²) in [5.41, 5.74) is 3.12. The van der Waals surface area contributed by atoms with Gasteiger partial charge in [-0.2, -0.15) is 5.10 Å². The van der Waals surface area contributed by atoms with Gasteiger partial charge in [0.25, 0.3) is 5.91 Å². The number of phenolic OH excluding ortho intramolecular Hbond substituents is 1. The Hall–Kier alpha value is -2.16. The normalized spacial score (nSPS) is 10.7. The molecule has 0 saturated carbocycles. The SMILES string of the molecule is COc1cc(C=NNC(=O)c2cccc(F)c2)cc(I)c1O. The molecule has 1 amide bonds. The third-order valence-corrected chi connectivity index (χ3v) is 3.56. The Morgan fingerprint density at radius 2 is 2.18 bits per heavy atom. The minimum atomic E-state index is -0.517. The van der Waals surface area contributed by atoms with Crippen molar-refractivity contribution in [2.24, 2.45) is 5.10 Å². The largest absolute Gasteiger partial charge is 0.504 e. The van der Waals surface area contributed by atoms with Crippen LogP contribution in [-0.2, 0) is 0 Å². The van der Waals surface area contributed by atoms with Gasteiger partial charge in [-0.05, 0) is 58.5 Å². The molecule has 0 unspecified atom stereocenters. The molecule has 2 aromatic rings. The van der Waals surface area contributed by atoms with Crippen molar-refractivity contribution in [1.29, 1.82) is 0 Å². The Morgan fingerprint density at radius 1 is 1.41 bits per heavy atom. The van der Waals surface area contributed by atoms with Crippen LogP contribution >= 0.6 is 22.6 Å². The second kappa shape index (κ2) is 7.21. The quantitative estimate of drug-likeness (QED) is 0.459. The topological polar surface area (TPSA) is 70.9 Å². The predicted molar refractivity (Wildman–Crippen MR) is 88.8 cm³/mol. The van der Waals surface area contributed by atoms with Crippen molar-refractivity contribution < 1.29 is 19.0 Å². The average Bonchev–Trinajstić information content (AvgIpc) is 2.50. The fourth-order valence-corrected chi connectivity index (χ4v) is 2.31. The molecule has 0 aliphatic rings. The molecule has 5 nitrogen and oxygen atoms in total. The van der Waals surface area contributed by atoms with E-state index in [1.165, 1.54) is 31.5 Å². The van der Waals surface area contributed by atoms with Gasteiger partial charge in [-0.25, -0.2) is 9.82 Å². The third-order valence-electron chi connectivity index (χ3n) is 2.74. The molecule has 0 fully saturated rings. The number of nitrogens with zero attached hydrogens (tertiary/aromatic N) is 1. The molecule has 2 aromatic carbocycles. The summed E-state index contributed by atoms with van der Waals surface area (Å²) in [4.78, 5) is 11.8. The number of methoxy groups -OCH3 is 1. The van der Waals surface area contributed by atoms with Crippen LogP contribution in [0.3, 0.4) is 0 Å². The molecule has 0 heterocycles. The van der Waals surface area contributed by atoms with Crippen molar-refractivity contribution in [3.63, 3.8) is 0 Å². The van der Waals surface area contributed by atoms with E-state index in [-0.39, 0.29) is 11.3 Å². The lowest BCUT2D eigenvalue weighted by molar-refractivity contribution is 0.0954. The van der Waals surface area contributed by atoms with E-state index in [9.17, 15) is 14.3 Å². The number of ether oxygens (including phenoxy) is 1. The first-order valence-electron chi connectivity index (χ1n) is 6.16. The number of carbonyl (C=O) groups is 1. The van der Waals surface area contributed by atoms with Gasteiger partial charge in [0.15, 0.2) is 11.5 Å². The summed E-state index contributed by atoms with van der Waals surface area (Å²) in [6.45, 7) is 0. The molecule has 0 spiro atoms. The van der Waals surface area contributed by atoms with Gasteiger partial charge in [0.2, 0.25) is 0 Å². The molecule has 0 atom stereocenters. The van der Waals surface area contributed by atoms with Gasteiger partial charge < -0.3 is 9.84 Å². The number of hydrazone groups is 1. The van der Waals surface area contributed by atoms with E-state index in [0.717, 1.165) is 6.07 Å². The molecule has 0 radical (unpaired) electrons. The van der Waals surface area contributed by atoms with Crippen LogP contribution in [-0.4, -0.2) is 24.3 Å². The fourth-order valence-electron chi connectivity index (χ4n) is 1.68. The number of carbonyl (C=O) groups excluding carboxylic acids is 1. The smallest absolute Gasteiger partial charge is 0.271 e. The molecule has 2 N–H and O–H groups in total. The summed E-state index contributed by atoms with van der Waals surface area (Å²) in [6, 6.07) is 8.56. The van der Waals surface area contributed by atoms with E-state index in [1.54, 1.807) is 12.1 Å². The summed E-state index contributed by atoms with van der Waals surface area (Å²) in [7, 11) is 1.44. The van der Waals surface area contributed by atoms with Crippen LogP contribution in [0.4, 0.5) is 4.39 Å². The number of rotatable bonds is 4. The molecule has 7 heteroatoms. The minimum Gasteiger partial charge on any atom is -0.504 e.